The zero-order chi connectivity index (χ0) is 23.4. The van der Waals surface area contributed by atoms with E-state index in [4.69, 9.17) is 16.3 Å². The van der Waals surface area contributed by atoms with Crippen LogP contribution in [0.3, 0.4) is 0 Å². The third-order valence-electron chi connectivity index (χ3n) is 5.36. The molecule has 0 N–H and O–H groups in total. The largest absolute Gasteiger partial charge is 0.423 e. The summed E-state index contributed by atoms with van der Waals surface area (Å²) in [6.45, 7) is 1.09. The number of likely N-dealkylation sites (tertiary alicyclic amines) is 1. The number of piperidine rings is 1. The maximum atomic E-state index is 12.7. The van der Waals surface area contributed by atoms with Crippen LogP contribution < -0.4 is 4.74 Å². The van der Waals surface area contributed by atoms with Crippen LogP contribution in [0.2, 0.25) is 5.02 Å². The number of hydrogen-bond acceptors (Lipinski definition) is 6. The molecule has 0 aromatic heterocycles. The van der Waals surface area contributed by atoms with Crippen LogP contribution in [0.15, 0.2) is 53.4 Å². The molecular formula is C24H21ClN2O5S. The molecule has 2 aromatic rings. The van der Waals surface area contributed by atoms with E-state index in [0.717, 1.165) is 35.9 Å². The number of hydrogen-bond donors (Lipinski definition) is 0. The Hall–Kier alpha value is -3.10. The molecule has 2 aliphatic rings. The summed E-state index contributed by atoms with van der Waals surface area (Å²) in [7, 11) is 0. The van der Waals surface area contributed by atoms with E-state index < -0.39 is 17.1 Å². The number of ether oxygens (including phenoxy) is 1. The van der Waals surface area contributed by atoms with Gasteiger partial charge in [-0.2, -0.15) is 0 Å². The molecule has 0 atom stereocenters. The highest BCUT2D eigenvalue weighted by molar-refractivity contribution is 8.18. The number of carbonyl (C=O) groups is 4. The van der Waals surface area contributed by atoms with Crippen molar-refractivity contribution in [3.63, 3.8) is 0 Å². The highest BCUT2D eigenvalue weighted by Gasteiger charge is 2.37. The van der Waals surface area contributed by atoms with Gasteiger partial charge in [0.1, 0.15) is 12.3 Å². The van der Waals surface area contributed by atoms with Crippen LogP contribution in [0.4, 0.5) is 4.79 Å². The number of benzene rings is 2. The number of halogens is 1. The molecule has 2 heterocycles. The second-order valence-electron chi connectivity index (χ2n) is 7.65. The van der Waals surface area contributed by atoms with Crippen LogP contribution in [0.25, 0.3) is 6.08 Å². The lowest BCUT2D eigenvalue weighted by Gasteiger charge is -2.27. The third kappa shape index (κ3) is 5.46. The van der Waals surface area contributed by atoms with Crippen molar-refractivity contribution in [2.75, 3.05) is 19.6 Å². The van der Waals surface area contributed by atoms with E-state index in [9.17, 15) is 19.2 Å². The van der Waals surface area contributed by atoms with Crippen LogP contribution >= 0.6 is 23.4 Å². The predicted molar refractivity (Wildman–Crippen MR) is 126 cm³/mol. The van der Waals surface area contributed by atoms with Gasteiger partial charge in [0.25, 0.3) is 11.1 Å². The van der Waals surface area contributed by atoms with E-state index in [2.05, 4.69) is 0 Å². The molecule has 2 aromatic carbocycles. The summed E-state index contributed by atoms with van der Waals surface area (Å²) in [6, 6.07) is 13.1. The summed E-state index contributed by atoms with van der Waals surface area (Å²) in [6.07, 6.45) is 4.55. The highest BCUT2D eigenvalue weighted by Crippen LogP contribution is 2.32. The van der Waals surface area contributed by atoms with Crippen molar-refractivity contribution in [1.82, 2.24) is 9.80 Å². The Kier molecular flexibility index (Phi) is 7.15. The van der Waals surface area contributed by atoms with E-state index >= 15 is 0 Å². The molecule has 0 aliphatic carbocycles. The summed E-state index contributed by atoms with van der Waals surface area (Å²) in [5.41, 5.74) is 0.913. The fraction of sp³-hybridized carbons (Fsp3) is 0.250. The first kappa shape index (κ1) is 23.1. The monoisotopic (exact) mass is 484 g/mol. The number of rotatable bonds is 5. The molecule has 0 saturated carbocycles. The Morgan fingerprint density at radius 1 is 1.00 bits per heavy atom. The lowest BCUT2D eigenvalue weighted by atomic mass is 10.1. The summed E-state index contributed by atoms with van der Waals surface area (Å²) >= 11 is 6.83. The zero-order valence-electron chi connectivity index (χ0n) is 17.7. The van der Waals surface area contributed by atoms with E-state index in [-0.39, 0.29) is 22.9 Å². The summed E-state index contributed by atoms with van der Waals surface area (Å²) in [4.78, 5) is 52.7. The number of amides is 3. The number of imide groups is 1. The van der Waals surface area contributed by atoms with Crippen molar-refractivity contribution >= 4 is 52.5 Å². The van der Waals surface area contributed by atoms with Crippen LogP contribution in [0.1, 0.15) is 35.2 Å². The Labute approximate surface area is 200 Å². The first-order chi connectivity index (χ1) is 15.9. The van der Waals surface area contributed by atoms with Crippen molar-refractivity contribution in [1.29, 1.82) is 0 Å². The number of carbonyl (C=O) groups excluding carboxylic acids is 4. The van der Waals surface area contributed by atoms with Gasteiger partial charge in [-0.05, 0) is 66.9 Å². The van der Waals surface area contributed by atoms with Gasteiger partial charge in [-0.15, -0.1) is 0 Å². The molecule has 0 spiro atoms. The van der Waals surface area contributed by atoms with Gasteiger partial charge in [0.05, 0.1) is 15.5 Å². The molecule has 2 aliphatic heterocycles. The first-order valence-electron chi connectivity index (χ1n) is 10.5. The molecule has 2 fully saturated rings. The van der Waals surface area contributed by atoms with E-state index in [1.807, 2.05) is 0 Å². The maximum Gasteiger partial charge on any atom is 0.345 e. The molecular weight excluding hydrogens is 464 g/mol. The molecule has 0 radical (unpaired) electrons. The zero-order valence-corrected chi connectivity index (χ0v) is 19.2. The minimum absolute atomic E-state index is 0.206. The minimum atomic E-state index is -0.576. The summed E-state index contributed by atoms with van der Waals surface area (Å²) < 4.78 is 5.34. The van der Waals surface area contributed by atoms with E-state index in [1.165, 1.54) is 0 Å². The van der Waals surface area contributed by atoms with Gasteiger partial charge in [-0.25, -0.2) is 4.79 Å². The molecule has 9 heteroatoms. The van der Waals surface area contributed by atoms with Crippen molar-refractivity contribution in [2.45, 2.75) is 19.3 Å². The van der Waals surface area contributed by atoms with E-state index in [1.54, 1.807) is 59.5 Å². The first-order valence-corrected chi connectivity index (χ1v) is 11.7. The normalized spacial score (nSPS) is 17.5. The summed E-state index contributed by atoms with van der Waals surface area (Å²) in [5, 5.41) is -0.157. The van der Waals surface area contributed by atoms with E-state index in [0.29, 0.717) is 29.4 Å². The lowest BCUT2D eigenvalue weighted by molar-refractivity contribution is -0.136. The van der Waals surface area contributed by atoms with Gasteiger partial charge in [0.15, 0.2) is 0 Å². The standard InChI is InChI=1S/C24H21ClN2O5S/c25-19-7-3-2-6-18(19)23(30)32-17-10-8-16(9-11-17)14-20-22(29)27(24(31)33-20)15-21(28)26-12-4-1-5-13-26/h2-3,6-11,14H,1,4-5,12-13,15H2/b20-14-. The molecule has 3 amide bonds. The average Bonchev–Trinajstić information content (AvgIpc) is 3.08. The van der Waals surface area contributed by atoms with Crippen molar-refractivity contribution in [3.8, 4) is 5.75 Å². The van der Waals surface area contributed by atoms with Gasteiger partial charge < -0.3 is 9.64 Å². The van der Waals surface area contributed by atoms with Gasteiger partial charge in [0.2, 0.25) is 5.91 Å². The van der Waals surface area contributed by atoms with Gasteiger partial charge in [-0.3, -0.25) is 19.3 Å². The van der Waals surface area contributed by atoms with Gasteiger partial charge >= 0.3 is 5.97 Å². The number of thioether (sulfide) groups is 1. The van der Waals surface area contributed by atoms with Crippen LogP contribution in [0.5, 0.6) is 5.75 Å². The molecule has 4 rings (SSSR count). The second kappa shape index (κ2) is 10.2. The van der Waals surface area contributed by atoms with Gasteiger partial charge in [0, 0.05) is 13.1 Å². The third-order valence-corrected chi connectivity index (χ3v) is 6.59. The second-order valence-corrected chi connectivity index (χ2v) is 9.05. The molecule has 0 bridgehead atoms. The Bertz CT molecular complexity index is 1130. The quantitative estimate of drug-likeness (QED) is 0.350. The van der Waals surface area contributed by atoms with Crippen molar-refractivity contribution < 1.29 is 23.9 Å². The highest BCUT2D eigenvalue weighted by atomic mass is 35.5. The SMILES string of the molecule is O=C(Oc1ccc(/C=C2\SC(=O)N(CC(=O)N3CCCCC3)C2=O)cc1)c1ccccc1Cl. The summed E-state index contributed by atoms with van der Waals surface area (Å²) in [5.74, 6) is -0.947. The molecule has 0 unspecified atom stereocenters. The Morgan fingerprint density at radius 2 is 1.70 bits per heavy atom. The minimum Gasteiger partial charge on any atom is -0.423 e. The van der Waals surface area contributed by atoms with Crippen LogP contribution in [-0.4, -0.2) is 52.5 Å². The maximum absolute atomic E-state index is 12.7. The lowest BCUT2D eigenvalue weighted by Crippen LogP contribution is -2.44. The number of nitrogens with zero attached hydrogens (tertiary/aromatic N) is 2. The predicted octanol–water partition coefficient (Wildman–Crippen LogP) is 4.61. The average molecular weight is 485 g/mol. The van der Waals surface area contributed by atoms with Crippen molar-refractivity contribution in [3.05, 3.63) is 69.6 Å². The van der Waals surface area contributed by atoms with Crippen molar-refractivity contribution in [2.24, 2.45) is 0 Å². The van der Waals surface area contributed by atoms with Crippen LogP contribution in [0, 0.1) is 0 Å². The molecule has 7 nitrogen and oxygen atoms in total. The fourth-order valence-corrected chi connectivity index (χ4v) is 4.64. The van der Waals surface area contributed by atoms with Gasteiger partial charge in [-0.1, -0.05) is 35.9 Å². The number of esters is 1. The molecule has 170 valence electrons. The fourth-order valence-electron chi connectivity index (χ4n) is 3.59. The van der Waals surface area contributed by atoms with Crippen LogP contribution in [-0.2, 0) is 9.59 Å². The Balaban J connectivity index is 1.40. The molecule has 2 saturated heterocycles. The molecule has 33 heavy (non-hydrogen) atoms. The topological polar surface area (TPSA) is 84.0 Å². The smallest absolute Gasteiger partial charge is 0.345 e. The Morgan fingerprint density at radius 3 is 2.39 bits per heavy atom.